The summed E-state index contributed by atoms with van der Waals surface area (Å²) in [7, 11) is 1.54. The van der Waals surface area contributed by atoms with Gasteiger partial charge in [0.25, 0.3) is 0 Å². The topological polar surface area (TPSA) is 81.3 Å². The van der Waals surface area contributed by atoms with Gasteiger partial charge < -0.3 is 15.1 Å². The van der Waals surface area contributed by atoms with E-state index in [1.807, 2.05) is 0 Å². The minimum atomic E-state index is -0.624. The number of H-pyrrole nitrogens is 1. The fraction of sp³-hybridized carbons (Fsp3) is 0.267. The number of carbonyl (C=O) groups is 2. The van der Waals surface area contributed by atoms with Crippen molar-refractivity contribution in [2.45, 2.75) is 12.5 Å². The zero-order valence-corrected chi connectivity index (χ0v) is 12.5. The molecule has 1 aliphatic heterocycles. The highest BCUT2D eigenvalue weighted by Gasteiger charge is 2.38. The number of benzene rings is 1. The van der Waals surface area contributed by atoms with Gasteiger partial charge in [-0.05, 0) is 18.6 Å². The molecule has 2 N–H and O–H groups in total. The quantitative estimate of drug-likeness (QED) is 0.906. The molecular weight excluding hydrogens is 301 g/mol. The Morgan fingerprint density at radius 2 is 2.26 bits per heavy atom. The zero-order chi connectivity index (χ0) is 16.4. The molecule has 0 spiro atoms. The zero-order valence-electron chi connectivity index (χ0n) is 12.5. The van der Waals surface area contributed by atoms with Crippen molar-refractivity contribution in [2.75, 3.05) is 23.8 Å². The molecule has 3 rings (SSSR count). The summed E-state index contributed by atoms with van der Waals surface area (Å²) < 4.78 is 13.9. The molecule has 1 fully saturated rings. The highest BCUT2D eigenvalue weighted by Crippen LogP contribution is 2.26. The molecule has 23 heavy (non-hydrogen) atoms. The van der Waals surface area contributed by atoms with Crippen molar-refractivity contribution in [3.63, 3.8) is 0 Å². The maximum atomic E-state index is 13.9. The third-order valence-electron chi connectivity index (χ3n) is 3.86. The summed E-state index contributed by atoms with van der Waals surface area (Å²) >= 11 is 0. The fourth-order valence-electron chi connectivity index (χ4n) is 2.61. The molecule has 3 amide bonds. The van der Waals surface area contributed by atoms with E-state index in [1.165, 1.54) is 28.3 Å². The van der Waals surface area contributed by atoms with Crippen molar-refractivity contribution in [3.05, 3.63) is 42.5 Å². The number of carbonyl (C=O) groups excluding carboxylic acids is 2. The minimum absolute atomic E-state index is 0.239. The number of aromatic nitrogens is 2. The second kappa shape index (κ2) is 6.07. The first-order valence-electron chi connectivity index (χ1n) is 7.16. The molecular formula is C15H16FN5O2. The van der Waals surface area contributed by atoms with E-state index in [-0.39, 0.29) is 11.6 Å². The van der Waals surface area contributed by atoms with Crippen molar-refractivity contribution >= 4 is 23.3 Å². The van der Waals surface area contributed by atoms with E-state index in [0.717, 1.165) is 0 Å². The molecule has 1 saturated heterocycles. The van der Waals surface area contributed by atoms with Crippen LogP contribution in [0.5, 0.6) is 0 Å². The number of para-hydroxylation sites is 1. The van der Waals surface area contributed by atoms with E-state index in [1.54, 1.807) is 25.2 Å². The van der Waals surface area contributed by atoms with Crippen molar-refractivity contribution < 1.29 is 14.0 Å². The summed E-state index contributed by atoms with van der Waals surface area (Å²) in [6.45, 7) is 0.369. The number of anilines is 2. The molecule has 0 bridgehead atoms. The van der Waals surface area contributed by atoms with Gasteiger partial charge in [-0.2, -0.15) is 5.10 Å². The predicted octanol–water partition coefficient (Wildman–Crippen LogP) is 1.82. The van der Waals surface area contributed by atoms with Gasteiger partial charge >= 0.3 is 6.03 Å². The normalized spacial score (nSPS) is 17.4. The van der Waals surface area contributed by atoms with Gasteiger partial charge in [-0.15, -0.1) is 0 Å². The van der Waals surface area contributed by atoms with Crippen LogP contribution in [-0.4, -0.2) is 46.7 Å². The molecule has 0 saturated carbocycles. The first-order valence-corrected chi connectivity index (χ1v) is 7.16. The Morgan fingerprint density at radius 1 is 1.48 bits per heavy atom. The number of halogens is 1. The van der Waals surface area contributed by atoms with E-state index in [9.17, 15) is 14.0 Å². The Kier molecular flexibility index (Phi) is 3.96. The number of amides is 3. The summed E-state index contributed by atoms with van der Waals surface area (Å²) in [4.78, 5) is 27.4. The van der Waals surface area contributed by atoms with Gasteiger partial charge in [-0.25, -0.2) is 9.18 Å². The van der Waals surface area contributed by atoms with Gasteiger partial charge in [-0.3, -0.25) is 9.89 Å². The molecule has 120 valence electrons. The van der Waals surface area contributed by atoms with Gasteiger partial charge in [-0.1, -0.05) is 12.1 Å². The molecule has 0 aliphatic carbocycles. The lowest BCUT2D eigenvalue weighted by molar-refractivity contribution is -0.120. The van der Waals surface area contributed by atoms with Crippen molar-refractivity contribution in [2.24, 2.45) is 0 Å². The van der Waals surface area contributed by atoms with Crippen LogP contribution in [0.15, 0.2) is 36.7 Å². The molecule has 2 aromatic rings. The SMILES string of the molecule is CN(C(=O)Nc1cn[nH]c1)[C@H]1CCN(c2ccccc2F)C1=O. The first-order chi connectivity index (χ1) is 11.1. The Morgan fingerprint density at radius 3 is 2.96 bits per heavy atom. The number of hydrogen-bond donors (Lipinski definition) is 2. The highest BCUT2D eigenvalue weighted by molar-refractivity contribution is 6.02. The summed E-state index contributed by atoms with van der Waals surface area (Å²) in [6, 6.07) is 5.07. The Bertz CT molecular complexity index is 718. The van der Waals surface area contributed by atoms with Gasteiger partial charge in [0.2, 0.25) is 5.91 Å². The Balaban J connectivity index is 1.71. The second-order valence-electron chi connectivity index (χ2n) is 5.27. The minimum Gasteiger partial charge on any atom is -0.315 e. The van der Waals surface area contributed by atoms with Crippen LogP contribution in [0.25, 0.3) is 0 Å². The van der Waals surface area contributed by atoms with Crippen LogP contribution in [0.2, 0.25) is 0 Å². The van der Waals surface area contributed by atoms with Crippen molar-refractivity contribution in [1.29, 1.82) is 0 Å². The Labute approximate surface area is 132 Å². The third kappa shape index (κ3) is 2.87. The highest BCUT2D eigenvalue weighted by atomic mass is 19.1. The van der Waals surface area contributed by atoms with Crippen LogP contribution < -0.4 is 10.2 Å². The van der Waals surface area contributed by atoms with E-state index in [2.05, 4.69) is 15.5 Å². The van der Waals surface area contributed by atoms with E-state index in [0.29, 0.717) is 18.7 Å². The van der Waals surface area contributed by atoms with E-state index in [4.69, 9.17) is 0 Å². The predicted molar refractivity (Wildman–Crippen MR) is 82.5 cm³/mol. The number of rotatable bonds is 3. The third-order valence-corrected chi connectivity index (χ3v) is 3.86. The van der Waals surface area contributed by atoms with Gasteiger partial charge in [0.1, 0.15) is 11.9 Å². The van der Waals surface area contributed by atoms with E-state index < -0.39 is 17.9 Å². The number of hydrogen-bond acceptors (Lipinski definition) is 3. The maximum Gasteiger partial charge on any atom is 0.322 e. The molecule has 1 aromatic heterocycles. The number of urea groups is 1. The number of nitrogens with one attached hydrogen (secondary N) is 2. The van der Waals surface area contributed by atoms with Crippen molar-refractivity contribution in [1.82, 2.24) is 15.1 Å². The summed E-state index contributed by atoms with van der Waals surface area (Å²) in [6.07, 6.45) is 3.45. The average Bonchev–Trinajstić information content (AvgIpc) is 3.17. The fourth-order valence-corrected chi connectivity index (χ4v) is 2.61. The van der Waals surface area contributed by atoms with Crippen LogP contribution in [-0.2, 0) is 4.79 Å². The monoisotopic (exact) mass is 317 g/mol. The Hall–Kier alpha value is -2.90. The average molecular weight is 317 g/mol. The van der Waals surface area contributed by atoms with Crippen LogP contribution in [0.3, 0.4) is 0 Å². The standard InChI is InChI=1S/C15H16FN5O2/c1-20(15(23)19-10-8-17-18-9-10)13-6-7-21(14(13)22)12-5-3-2-4-11(12)16/h2-5,8-9,13H,6-7H2,1H3,(H,17,18)(H,19,23)/t13-/m0/s1. The molecule has 1 aromatic carbocycles. The van der Waals surface area contributed by atoms with Crippen LogP contribution >= 0.6 is 0 Å². The van der Waals surface area contributed by atoms with Crippen molar-refractivity contribution in [3.8, 4) is 0 Å². The second-order valence-corrected chi connectivity index (χ2v) is 5.27. The van der Waals surface area contributed by atoms with Gasteiger partial charge in [0, 0.05) is 19.8 Å². The van der Waals surface area contributed by atoms with Crippen LogP contribution in [0.1, 0.15) is 6.42 Å². The first kappa shape index (κ1) is 15.0. The largest absolute Gasteiger partial charge is 0.322 e. The van der Waals surface area contributed by atoms with Crippen LogP contribution in [0, 0.1) is 5.82 Å². The lowest BCUT2D eigenvalue weighted by atomic mass is 10.2. The maximum absolute atomic E-state index is 13.9. The molecule has 2 heterocycles. The summed E-state index contributed by atoms with van der Waals surface area (Å²) in [5.41, 5.74) is 0.752. The molecule has 0 radical (unpaired) electrons. The van der Waals surface area contributed by atoms with Gasteiger partial charge in [0.15, 0.2) is 0 Å². The van der Waals surface area contributed by atoms with Crippen LogP contribution in [0.4, 0.5) is 20.6 Å². The summed E-state index contributed by atoms with van der Waals surface area (Å²) in [5.74, 6) is -0.744. The summed E-state index contributed by atoms with van der Waals surface area (Å²) in [5, 5.41) is 8.95. The number of nitrogens with zero attached hydrogens (tertiary/aromatic N) is 3. The van der Waals surface area contributed by atoms with E-state index >= 15 is 0 Å². The van der Waals surface area contributed by atoms with Gasteiger partial charge in [0.05, 0.1) is 17.6 Å². The molecule has 1 aliphatic rings. The lowest BCUT2D eigenvalue weighted by Gasteiger charge is -2.24. The molecule has 1 atom stereocenters. The number of likely N-dealkylation sites (N-methyl/N-ethyl adjacent to an activating group) is 1. The molecule has 8 heteroatoms. The molecule has 7 nitrogen and oxygen atoms in total. The number of aromatic amines is 1. The lowest BCUT2D eigenvalue weighted by Crippen LogP contribution is -2.44. The smallest absolute Gasteiger partial charge is 0.315 e. The molecule has 0 unspecified atom stereocenters.